The van der Waals surface area contributed by atoms with Crippen molar-refractivity contribution in [2.75, 3.05) is 6.54 Å². The van der Waals surface area contributed by atoms with E-state index in [1.807, 2.05) is 55.1 Å². The van der Waals surface area contributed by atoms with Crippen molar-refractivity contribution in [1.29, 1.82) is 0 Å². The minimum Gasteiger partial charge on any atom is -0.358 e. The van der Waals surface area contributed by atoms with Crippen LogP contribution in [0.1, 0.15) is 41.0 Å². The van der Waals surface area contributed by atoms with Crippen LogP contribution in [0.15, 0.2) is 48.5 Å². The van der Waals surface area contributed by atoms with Crippen molar-refractivity contribution in [1.82, 2.24) is 14.8 Å². The Labute approximate surface area is 170 Å². The fourth-order valence-corrected chi connectivity index (χ4v) is 4.82. The number of carbonyl (C=O) groups is 2. The second-order valence-electron chi connectivity index (χ2n) is 8.42. The molecule has 5 heteroatoms. The molecule has 0 spiro atoms. The number of nitrogens with one attached hydrogen (secondary N) is 1. The molecule has 5 rings (SSSR count). The summed E-state index contributed by atoms with van der Waals surface area (Å²) in [6.45, 7) is 5.84. The van der Waals surface area contributed by atoms with E-state index in [4.69, 9.17) is 0 Å². The van der Waals surface area contributed by atoms with Crippen LogP contribution >= 0.6 is 0 Å². The Bertz CT molecular complexity index is 1110. The van der Waals surface area contributed by atoms with Gasteiger partial charge in [0.05, 0.1) is 0 Å². The van der Waals surface area contributed by atoms with Crippen molar-refractivity contribution in [3.63, 3.8) is 0 Å². The van der Waals surface area contributed by atoms with Gasteiger partial charge in [0.1, 0.15) is 6.04 Å². The Morgan fingerprint density at radius 1 is 1.03 bits per heavy atom. The number of aromatic amines is 1. The summed E-state index contributed by atoms with van der Waals surface area (Å²) in [6.07, 6.45) is 0.814. The van der Waals surface area contributed by atoms with Gasteiger partial charge in [-0.3, -0.25) is 9.59 Å². The molecule has 0 fully saturated rings. The summed E-state index contributed by atoms with van der Waals surface area (Å²) in [5, 5.41) is 1.19. The molecule has 148 valence electrons. The van der Waals surface area contributed by atoms with Gasteiger partial charge in [-0.1, -0.05) is 50.2 Å². The molecule has 3 heterocycles. The van der Waals surface area contributed by atoms with E-state index in [1.54, 1.807) is 4.90 Å². The minimum absolute atomic E-state index is 0.0301. The third-order valence-electron chi connectivity index (χ3n) is 6.26. The lowest BCUT2D eigenvalue weighted by molar-refractivity contribution is -0.138. The smallest absolute Gasteiger partial charge is 0.255 e. The van der Waals surface area contributed by atoms with Gasteiger partial charge >= 0.3 is 0 Å². The first-order valence-electron chi connectivity index (χ1n) is 10.3. The van der Waals surface area contributed by atoms with Gasteiger partial charge in [-0.2, -0.15) is 0 Å². The quantitative estimate of drug-likeness (QED) is 0.744. The van der Waals surface area contributed by atoms with Gasteiger partial charge in [-0.05, 0) is 23.6 Å². The number of nitrogens with zero attached hydrogens (tertiary/aromatic N) is 2. The number of carbonyl (C=O) groups excluding carboxylic acids is 2. The predicted molar refractivity (Wildman–Crippen MR) is 112 cm³/mol. The van der Waals surface area contributed by atoms with Crippen molar-refractivity contribution < 1.29 is 9.59 Å². The molecule has 2 amide bonds. The molecular formula is C24H25N3O2. The minimum atomic E-state index is -0.443. The van der Waals surface area contributed by atoms with Crippen LogP contribution in [0, 0.1) is 5.92 Å². The average Bonchev–Trinajstić information content (AvgIpc) is 3.25. The van der Waals surface area contributed by atoms with E-state index in [9.17, 15) is 9.59 Å². The maximum absolute atomic E-state index is 13.6. The topological polar surface area (TPSA) is 56.4 Å². The first-order valence-corrected chi connectivity index (χ1v) is 10.3. The fraction of sp³-hybridized carbons (Fsp3) is 0.333. The van der Waals surface area contributed by atoms with E-state index in [1.165, 1.54) is 16.6 Å². The van der Waals surface area contributed by atoms with E-state index >= 15 is 0 Å². The standard InChI is InChI=1S/C24H25N3O2/c1-15(2)22(27-13-16-7-3-4-8-17(16)23(27)28)24(29)26-12-11-21-19(14-26)18-9-5-6-10-20(18)25-21/h3-10,15,22,25H,11-14H2,1-2H3/t22-/m1/s1. The van der Waals surface area contributed by atoms with Crippen LogP contribution in [0.3, 0.4) is 0 Å². The number of aromatic nitrogens is 1. The van der Waals surface area contributed by atoms with Crippen LogP contribution in [0.5, 0.6) is 0 Å². The summed E-state index contributed by atoms with van der Waals surface area (Å²) in [7, 11) is 0. The molecule has 2 aliphatic heterocycles. The fourth-order valence-electron chi connectivity index (χ4n) is 4.82. The first-order chi connectivity index (χ1) is 14.0. The maximum Gasteiger partial charge on any atom is 0.255 e. The van der Waals surface area contributed by atoms with E-state index in [-0.39, 0.29) is 17.7 Å². The second-order valence-corrected chi connectivity index (χ2v) is 8.42. The van der Waals surface area contributed by atoms with Crippen LogP contribution < -0.4 is 0 Å². The van der Waals surface area contributed by atoms with Gasteiger partial charge < -0.3 is 14.8 Å². The molecule has 2 aliphatic rings. The molecule has 0 saturated heterocycles. The Morgan fingerprint density at radius 3 is 2.59 bits per heavy atom. The third kappa shape index (κ3) is 2.84. The van der Waals surface area contributed by atoms with Crippen LogP contribution in [-0.4, -0.2) is 39.2 Å². The number of hydrogen-bond acceptors (Lipinski definition) is 2. The summed E-state index contributed by atoms with van der Waals surface area (Å²) in [6, 6.07) is 15.5. The van der Waals surface area contributed by atoms with Gasteiger partial charge in [0.15, 0.2) is 0 Å². The largest absolute Gasteiger partial charge is 0.358 e. The molecule has 1 N–H and O–H groups in total. The van der Waals surface area contributed by atoms with Crippen molar-refractivity contribution in [2.24, 2.45) is 5.92 Å². The number of para-hydroxylation sites is 1. The predicted octanol–water partition coefficient (Wildman–Crippen LogP) is 3.73. The Hall–Kier alpha value is -3.08. The highest BCUT2D eigenvalue weighted by atomic mass is 16.2. The van der Waals surface area contributed by atoms with Crippen molar-refractivity contribution in [3.05, 3.63) is 70.9 Å². The van der Waals surface area contributed by atoms with Gasteiger partial charge in [0, 0.05) is 53.8 Å². The van der Waals surface area contributed by atoms with Gasteiger partial charge in [0.25, 0.3) is 5.91 Å². The van der Waals surface area contributed by atoms with Gasteiger partial charge in [-0.15, -0.1) is 0 Å². The molecule has 5 nitrogen and oxygen atoms in total. The normalized spacial score (nSPS) is 17.0. The number of fused-ring (bicyclic) bond motifs is 4. The summed E-state index contributed by atoms with van der Waals surface area (Å²) < 4.78 is 0. The van der Waals surface area contributed by atoms with Crippen molar-refractivity contribution in [2.45, 2.75) is 39.4 Å². The van der Waals surface area contributed by atoms with E-state index in [0.29, 0.717) is 19.6 Å². The number of benzene rings is 2. The molecule has 1 aromatic heterocycles. The van der Waals surface area contributed by atoms with E-state index in [2.05, 4.69) is 17.1 Å². The number of hydrogen-bond donors (Lipinski definition) is 1. The van der Waals surface area contributed by atoms with Gasteiger partial charge in [0.2, 0.25) is 5.91 Å². The summed E-state index contributed by atoms with van der Waals surface area (Å²) in [4.78, 5) is 33.8. The Balaban J connectivity index is 1.44. The third-order valence-corrected chi connectivity index (χ3v) is 6.26. The lowest BCUT2D eigenvalue weighted by Gasteiger charge is -2.36. The lowest BCUT2D eigenvalue weighted by atomic mass is 9.98. The summed E-state index contributed by atoms with van der Waals surface area (Å²) in [5.41, 5.74) is 5.29. The van der Waals surface area contributed by atoms with Crippen LogP contribution in [-0.2, 0) is 24.3 Å². The molecule has 0 unspecified atom stereocenters. The molecule has 0 saturated carbocycles. The van der Waals surface area contributed by atoms with E-state index in [0.717, 1.165) is 23.1 Å². The molecule has 0 bridgehead atoms. The van der Waals surface area contributed by atoms with Crippen molar-refractivity contribution in [3.8, 4) is 0 Å². The molecule has 1 atom stereocenters. The molecule has 0 radical (unpaired) electrons. The summed E-state index contributed by atoms with van der Waals surface area (Å²) in [5.74, 6) is 0.0691. The monoisotopic (exact) mass is 387 g/mol. The molecular weight excluding hydrogens is 362 g/mol. The zero-order valence-electron chi connectivity index (χ0n) is 16.8. The molecule has 29 heavy (non-hydrogen) atoms. The molecule has 2 aromatic carbocycles. The van der Waals surface area contributed by atoms with E-state index < -0.39 is 6.04 Å². The lowest BCUT2D eigenvalue weighted by Crippen LogP contribution is -2.52. The van der Waals surface area contributed by atoms with Crippen LogP contribution in [0.2, 0.25) is 0 Å². The second kappa shape index (κ2) is 6.76. The van der Waals surface area contributed by atoms with Crippen molar-refractivity contribution >= 4 is 22.7 Å². The number of H-pyrrole nitrogens is 1. The maximum atomic E-state index is 13.6. The van der Waals surface area contributed by atoms with Crippen LogP contribution in [0.4, 0.5) is 0 Å². The zero-order chi connectivity index (χ0) is 20.1. The Kier molecular flexibility index (Phi) is 4.19. The highest BCUT2D eigenvalue weighted by Crippen LogP contribution is 2.31. The first kappa shape index (κ1) is 18.0. The summed E-state index contributed by atoms with van der Waals surface area (Å²) >= 11 is 0. The Morgan fingerprint density at radius 2 is 1.79 bits per heavy atom. The zero-order valence-corrected chi connectivity index (χ0v) is 16.8. The number of amides is 2. The van der Waals surface area contributed by atoms with Gasteiger partial charge in [-0.25, -0.2) is 0 Å². The highest BCUT2D eigenvalue weighted by molar-refractivity contribution is 6.01. The average molecular weight is 387 g/mol. The highest BCUT2D eigenvalue weighted by Gasteiger charge is 2.40. The molecule has 0 aliphatic carbocycles. The number of rotatable bonds is 3. The molecule has 3 aromatic rings. The van der Waals surface area contributed by atoms with Crippen LogP contribution in [0.25, 0.3) is 10.9 Å². The SMILES string of the molecule is CC(C)[C@H](C(=O)N1CCc2[nH]c3ccccc3c2C1)N1Cc2ccccc2C1=O.